The van der Waals surface area contributed by atoms with Gasteiger partial charge in [-0.25, -0.2) is 18.2 Å². The van der Waals surface area contributed by atoms with E-state index in [0.717, 1.165) is 0 Å². The number of nitrogens with zero attached hydrogens (tertiary/aromatic N) is 4. The molecule has 0 aliphatic carbocycles. The van der Waals surface area contributed by atoms with Crippen LogP contribution in [0.2, 0.25) is 5.15 Å². The predicted molar refractivity (Wildman–Crippen MR) is 127 cm³/mol. The van der Waals surface area contributed by atoms with Gasteiger partial charge in [-0.3, -0.25) is 14.5 Å². The van der Waals surface area contributed by atoms with Crippen molar-refractivity contribution in [1.82, 2.24) is 20.2 Å². The molecule has 1 unspecified atom stereocenters. The van der Waals surface area contributed by atoms with Crippen LogP contribution in [-0.2, 0) is 19.6 Å². The number of benzene rings is 2. The van der Waals surface area contributed by atoms with Crippen molar-refractivity contribution in [1.29, 1.82) is 0 Å². The Morgan fingerprint density at radius 2 is 1.69 bits per heavy atom. The SMILES string of the molecule is CC(OC(=O)c1cnc2ccccc2n1)C(=O)Nc1ccc(S(=O)(=O)Nc2ccc(Cl)nn2)cc1. The number of halogens is 1. The molecule has 1 amide bonds. The number of hydrogen-bond acceptors (Lipinski definition) is 9. The van der Waals surface area contributed by atoms with E-state index >= 15 is 0 Å². The van der Waals surface area contributed by atoms with Crippen LogP contribution in [0.15, 0.2) is 71.8 Å². The molecule has 35 heavy (non-hydrogen) atoms. The maximum Gasteiger partial charge on any atom is 0.359 e. The van der Waals surface area contributed by atoms with E-state index in [4.69, 9.17) is 16.3 Å². The molecule has 2 heterocycles. The normalized spacial score (nSPS) is 12.1. The first-order valence-electron chi connectivity index (χ1n) is 10.1. The van der Waals surface area contributed by atoms with Crippen molar-refractivity contribution < 1.29 is 22.7 Å². The van der Waals surface area contributed by atoms with Crippen molar-refractivity contribution in [3.05, 3.63) is 77.7 Å². The van der Waals surface area contributed by atoms with Crippen molar-refractivity contribution in [3.63, 3.8) is 0 Å². The number of fused-ring (bicyclic) bond motifs is 1. The van der Waals surface area contributed by atoms with Crippen LogP contribution in [0.3, 0.4) is 0 Å². The molecule has 4 aromatic rings. The van der Waals surface area contributed by atoms with Gasteiger partial charge in [-0.15, -0.1) is 10.2 Å². The van der Waals surface area contributed by atoms with Crippen LogP contribution in [0.25, 0.3) is 11.0 Å². The summed E-state index contributed by atoms with van der Waals surface area (Å²) in [6, 6.07) is 15.2. The number of sulfonamides is 1. The summed E-state index contributed by atoms with van der Waals surface area (Å²) < 4.78 is 32.5. The first kappa shape index (κ1) is 24.0. The maximum absolute atomic E-state index is 12.5. The highest BCUT2D eigenvalue weighted by atomic mass is 35.5. The lowest BCUT2D eigenvalue weighted by molar-refractivity contribution is -0.123. The highest BCUT2D eigenvalue weighted by Crippen LogP contribution is 2.18. The molecule has 0 saturated heterocycles. The monoisotopic (exact) mass is 512 g/mol. The molecular formula is C22H17ClN6O5S. The zero-order valence-electron chi connectivity index (χ0n) is 18.0. The van der Waals surface area contributed by atoms with Crippen molar-refractivity contribution in [3.8, 4) is 0 Å². The van der Waals surface area contributed by atoms with Crippen molar-refractivity contribution >= 4 is 56.0 Å². The Kier molecular flexibility index (Phi) is 6.85. The summed E-state index contributed by atoms with van der Waals surface area (Å²) in [5.74, 6) is -1.42. The van der Waals surface area contributed by atoms with Gasteiger partial charge in [0.1, 0.15) is 0 Å². The molecule has 0 aliphatic rings. The fourth-order valence-corrected chi connectivity index (χ4v) is 3.96. The molecule has 0 spiro atoms. The molecule has 2 N–H and O–H groups in total. The second-order valence-corrected chi connectivity index (χ2v) is 9.22. The molecule has 0 saturated carbocycles. The van der Waals surface area contributed by atoms with E-state index in [0.29, 0.717) is 16.7 Å². The number of carbonyl (C=O) groups is 2. The van der Waals surface area contributed by atoms with Crippen LogP contribution < -0.4 is 10.0 Å². The highest BCUT2D eigenvalue weighted by molar-refractivity contribution is 7.92. The van der Waals surface area contributed by atoms with Gasteiger partial charge in [-0.1, -0.05) is 23.7 Å². The molecule has 0 fully saturated rings. The molecule has 2 aromatic heterocycles. The molecule has 2 aromatic carbocycles. The number of amides is 1. The zero-order chi connectivity index (χ0) is 25.0. The van der Waals surface area contributed by atoms with Gasteiger partial charge in [-0.05, 0) is 55.5 Å². The topological polar surface area (TPSA) is 153 Å². The molecule has 178 valence electrons. The Balaban J connectivity index is 1.37. The van der Waals surface area contributed by atoms with Gasteiger partial charge in [0.15, 0.2) is 22.8 Å². The quantitative estimate of drug-likeness (QED) is 0.355. The fraction of sp³-hybridized carbons (Fsp3) is 0.0909. The van der Waals surface area contributed by atoms with E-state index < -0.39 is 28.0 Å². The molecule has 0 aliphatic heterocycles. The van der Waals surface area contributed by atoms with E-state index in [1.54, 1.807) is 24.3 Å². The molecule has 1 atom stereocenters. The van der Waals surface area contributed by atoms with Crippen molar-refractivity contribution in [2.45, 2.75) is 17.9 Å². The summed E-state index contributed by atoms with van der Waals surface area (Å²) in [5, 5.41) is 9.90. The van der Waals surface area contributed by atoms with Crippen LogP contribution in [0, 0.1) is 0 Å². The predicted octanol–water partition coefficient (Wildman–Crippen LogP) is 3.06. The third-order valence-corrected chi connectivity index (χ3v) is 6.19. The third kappa shape index (κ3) is 5.86. The van der Waals surface area contributed by atoms with Crippen LogP contribution in [0.1, 0.15) is 17.4 Å². The van der Waals surface area contributed by atoms with Crippen molar-refractivity contribution in [2.75, 3.05) is 10.0 Å². The number of aromatic nitrogens is 4. The van der Waals surface area contributed by atoms with E-state index in [1.165, 1.54) is 49.5 Å². The van der Waals surface area contributed by atoms with Crippen LogP contribution in [-0.4, -0.2) is 46.6 Å². The summed E-state index contributed by atoms with van der Waals surface area (Å²) in [6.07, 6.45) is 0.127. The summed E-state index contributed by atoms with van der Waals surface area (Å²) in [6.45, 7) is 1.40. The number of anilines is 2. The Morgan fingerprint density at radius 3 is 2.37 bits per heavy atom. The van der Waals surface area contributed by atoms with Gasteiger partial charge in [0.25, 0.3) is 15.9 Å². The van der Waals surface area contributed by atoms with E-state index in [9.17, 15) is 18.0 Å². The standard InChI is InChI=1S/C22H17ClN6O5S/c1-13(34-22(31)18-12-24-16-4-2-3-5-17(16)26-18)21(30)25-14-6-8-15(9-7-14)35(32,33)29-20-11-10-19(23)27-28-20/h2-13H,1H3,(H,25,30)(H,28,29). The maximum atomic E-state index is 12.5. The molecule has 13 heteroatoms. The first-order chi connectivity index (χ1) is 16.7. The first-order valence-corrected chi connectivity index (χ1v) is 11.9. The zero-order valence-corrected chi connectivity index (χ0v) is 19.6. The number of carbonyl (C=O) groups excluding carboxylic acids is 2. The third-order valence-electron chi connectivity index (χ3n) is 4.61. The van der Waals surface area contributed by atoms with Gasteiger partial charge in [0, 0.05) is 5.69 Å². The van der Waals surface area contributed by atoms with E-state index in [2.05, 4.69) is 30.2 Å². The Morgan fingerprint density at radius 1 is 0.971 bits per heavy atom. The lowest BCUT2D eigenvalue weighted by atomic mass is 10.3. The average molecular weight is 513 g/mol. The number of esters is 1. The van der Waals surface area contributed by atoms with Gasteiger partial charge < -0.3 is 10.1 Å². The lowest BCUT2D eigenvalue weighted by Crippen LogP contribution is -2.30. The van der Waals surface area contributed by atoms with Gasteiger partial charge in [-0.2, -0.15) is 0 Å². The Labute approximate surface area is 204 Å². The van der Waals surface area contributed by atoms with E-state index in [-0.39, 0.29) is 21.6 Å². The minimum Gasteiger partial charge on any atom is -0.448 e. The molecule has 4 rings (SSSR count). The summed E-state index contributed by atoms with van der Waals surface area (Å²) >= 11 is 5.64. The second-order valence-electron chi connectivity index (χ2n) is 7.15. The summed E-state index contributed by atoms with van der Waals surface area (Å²) in [4.78, 5) is 33.1. The molecule has 11 nitrogen and oxygen atoms in total. The number of para-hydroxylation sites is 2. The lowest BCUT2D eigenvalue weighted by Gasteiger charge is -2.14. The van der Waals surface area contributed by atoms with Crippen LogP contribution >= 0.6 is 11.6 Å². The highest BCUT2D eigenvalue weighted by Gasteiger charge is 2.21. The second kappa shape index (κ2) is 9.99. The number of hydrogen-bond donors (Lipinski definition) is 2. The minimum atomic E-state index is -3.94. The Hall–Kier alpha value is -4.16. The summed E-state index contributed by atoms with van der Waals surface area (Å²) in [5.41, 5.74) is 1.41. The molecular weight excluding hydrogens is 496 g/mol. The van der Waals surface area contributed by atoms with Crippen LogP contribution in [0.4, 0.5) is 11.5 Å². The summed E-state index contributed by atoms with van der Waals surface area (Å²) in [7, 11) is -3.94. The van der Waals surface area contributed by atoms with Crippen LogP contribution in [0.5, 0.6) is 0 Å². The molecule has 0 radical (unpaired) electrons. The number of rotatable bonds is 7. The van der Waals surface area contributed by atoms with Crippen molar-refractivity contribution in [2.24, 2.45) is 0 Å². The fourth-order valence-electron chi connectivity index (χ4n) is 2.86. The average Bonchev–Trinajstić information content (AvgIpc) is 2.85. The smallest absolute Gasteiger partial charge is 0.359 e. The largest absolute Gasteiger partial charge is 0.448 e. The van der Waals surface area contributed by atoms with Gasteiger partial charge >= 0.3 is 5.97 Å². The molecule has 0 bridgehead atoms. The van der Waals surface area contributed by atoms with E-state index in [1.807, 2.05) is 0 Å². The number of nitrogens with one attached hydrogen (secondary N) is 2. The minimum absolute atomic E-state index is 0.00137. The number of ether oxygens (including phenoxy) is 1. The Bertz CT molecular complexity index is 1500. The van der Waals surface area contributed by atoms with Gasteiger partial charge in [0.05, 0.1) is 22.1 Å². The van der Waals surface area contributed by atoms with Gasteiger partial charge in [0.2, 0.25) is 0 Å².